The molecule has 1 amide bonds. The molecule has 24 heavy (non-hydrogen) atoms. The molecule has 2 aliphatic heterocycles. The van der Waals surface area contributed by atoms with Gasteiger partial charge in [0.25, 0.3) is 5.91 Å². The number of allylic oxidation sites excluding steroid dienone is 1. The monoisotopic (exact) mass is 328 g/mol. The molecule has 2 aliphatic rings. The highest BCUT2D eigenvalue weighted by Gasteiger charge is 2.37. The number of anilines is 1. The number of likely N-dealkylation sites (N-methyl/N-ethyl adjacent to an activating group) is 1. The zero-order chi connectivity index (χ0) is 16.7. The third-order valence-corrected chi connectivity index (χ3v) is 4.63. The van der Waals surface area contributed by atoms with E-state index in [4.69, 9.17) is 4.42 Å². The minimum atomic E-state index is -0.397. The van der Waals surface area contributed by atoms with Gasteiger partial charge in [-0.15, -0.1) is 0 Å². The lowest BCUT2D eigenvalue weighted by molar-refractivity contribution is -0.129. The highest BCUT2D eigenvalue weighted by atomic mass is 16.3. The zero-order valence-electron chi connectivity index (χ0n) is 13.8. The molecule has 1 atom stereocenters. The number of carbonyl (C=O) groups excluding carboxylic acids is 1. The number of fused-ring (bicyclic) bond motifs is 1. The SMILES string of the molecule is CC1=C(C(=O)N2CCN(C)CC2)[C@@H](c2ccco2)n2ncnc2N1. The van der Waals surface area contributed by atoms with E-state index in [2.05, 4.69) is 27.3 Å². The number of hydrogen-bond donors (Lipinski definition) is 1. The second kappa shape index (κ2) is 5.79. The van der Waals surface area contributed by atoms with Crippen molar-refractivity contribution >= 4 is 11.9 Å². The predicted molar refractivity (Wildman–Crippen MR) is 87.3 cm³/mol. The van der Waals surface area contributed by atoms with Crippen LogP contribution >= 0.6 is 0 Å². The number of amides is 1. The zero-order valence-corrected chi connectivity index (χ0v) is 13.8. The van der Waals surface area contributed by atoms with Gasteiger partial charge < -0.3 is 19.5 Å². The minimum Gasteiger partial charge on any atom is -0.467 e. The Morgan fingerprint density at radius 1 is 1.33 bits per heavy atom. The number of nitrogens with zero attached hydrogens (tertiary/aromatic N) is 5. The van der Waals surface area contributed by atoms with Crippen molar-refractivity contribution in [3.63, 3.8) is 0 Å². The van der Waals surface area contributed by atoms with Crippen LogP contribution in [0.2, 0.25) is 0 Å². The summed E-state index contributed by atoms with van der Waals surface area (Å²) in [6, 6.07) is 3.29. The van der Waals surface area contributed by atoms with Crippen molar-refractivity contribution in [1.82, 2.24) is 24.6 Å². The fraction of sp³-hybridized carbons (Fsp3) is 0.438. The van der Waals surface area contributed by atoms with Gasteiger partial charge in [-0.25, -0.2) is 4.68 Å². The normalized spacial score (nSPS) is 21.6. The Hall–Kier alpha value is -2.61. The summed E-state index contributed by atoms with van der Waals surface area (Å²) in [5.74, 6) is 1.32. The first kappa shape index (κ1) is 14.9. The number of nitrogens with one attached hydrogen (secondary N) is 1. The van der Waals surface area contributed by atoms with Gasteiger partial charge in [0.1, 0.15) is 18.1 Å². The Bertz CT molecular complexity index is 770. The molecule has 2 aromatic heterocycles. The number of furan rings is 1. The average Bonchev–Trinajstić information content (AvgIpc) is 3.25. The molecule has 1 saturated heterocycles. The molecule has 126 valence electrons. The standard InChI is InChI=1S/C16H20N6O2/c1-11-13(15(23)21-7-5-20(2)6-8-21)14(12-4-3-9-24-12)22-16(19-11)17-10-18-22/h3-4,9-10,14H,5-8H2,1-2H3,(H,17,18,19)/t14-/m1/s1. The predicted octanol–water partition coefficient (Wildman–Crippen LogP) is 0.934. The fourth-order valence-corrected chi connectivity index (χ4v) is 3.26. The molecule has 1 N–H and O–H groups in total. The van der Waals surface area contributed by atoms with Crippen molar-refractivity contribution in [2.45, 2.75) is 13.0 Å². The van der Waals surface area contributed by atoms with Crippen LogP contribution in [-0.2, 0) is 4.79 Å². The fourth-order valence-electron chi connectivity index (χ4n) is 3.26. The molecule has 2 aromatic rings. The maximum absolute atomic E-state index is 13.2. The Morgan fingerprint density at radius 2 is 2.12 bits per heavy atom. The smallest absolute Gasteiger partial charge is 0.254 e. The molecule has 0 unspecified atom stereocenters. The molecular formula is C16H20N6O2. The molecule has 0 radical (unpaired) electrons. The van der Waals surface area contributed by atoms with Gasteiger partial charge in [0.2, 0.25) is 5.95 Å². The van der Waals surface area contributed by atoms with Crippen LogP contribution in [-0.4, -0.2) is 63.7 Å². The lowest BCUT2D eigenvalue weighted by Crippen LogP contribution is -2.49. The van der Waals surface area contributed by atoms with Gasteiger partial charge in [0.15, 0.2) is 0 Å². The summed E-state index contributed by atoms with van der Waals surface area (Å²) in [6.45, 7) is 5.11. The van der Waals surface area contributed by atoms with Crippen molar-refractivity contribution in [3.05, 3.63) is 41.8 Å². The first-order chi connectivity index (χ1) is 11.6. The molecule has 1 fully saturated rings. The highest BCUT2D eigenvalue weighted by Crippen LogP contribution is 2.35. The first-order valence-electron chi connectivity index (χ1n) is 8.03. The van der Waals surface area contributed by atoms with Gasteiger partial charge in [0.05, 0.1) is 11.8 Å². The van der Waals surface area contributed by atoms with E-state index in [0.29, 0.717) is 17.3 Å². The summed E-state index contributed by atoms with van der Waals surface area (Å²) in [4.78, 5) is 21.6. The minimum absolute atomic E-state index is 0.0238. The second-order valence-electron chi connectivity index (χ2n) is 6.21. The second-order valence-corrected chi connectivity index (χ2v) is 6.21. The van der Waals surface area contributed by atoms with E-state index < -0.39 is 6.04 Å². The maximum atomic E-state index is 13.2. The van der Waals surface area contributed by atoms with Gasteiger partial charge >= 0.3 is 0 Å². The van der Waals surface area contributed by atoms with Gasteiger partial charge in [-0.2, -0.15) is 10.1 Å². The molecule has 8 heteroatoms. The van der Waals surface area contributed by atoms with E-state index in [1.165, 1.54) is 6.33 Å². The molecule has 4 heterocycles. The van der Waals surface area contributed by atoms with E-state index in [9.17, 15) is 4.79 Å². The van der Waals surface area contributed by atoms with Crippen LogP contribution < -0.4 is 5.32 Å². The van der Waals surface area contributed by atoms with Crippen molar-refractivity contribution in [3.8, 4) is 0 Å². The summed E-state index contributed by atoms with van der Waals surface area (Å²) in [7, 11) is 2.07. The Kier molecular flexibility index (Phi) is 3.61. The van der Waals surface area contributed by atoms with Crippen LogP contribution in [0.5, 0.6) is 0 Å². The Balaban J connectivity index is 1.73. The van der Waals surface area contributed by atoms with Gasteiger partial charge in [-0.05, 0) is 26.1 Å². The summed E-state index contributed by atoms with van der Waals surface area (Å²) >= 11 is 0. The topological polar surface area (TPSA) is 79.4 Å². The lowest BCUT2D eigenvalue weighted by Gasteiger charge is -2.35. The van der Waals surface area contributed by atoms with E-state index in [1.54, 1.807) is 10.9 Å². The molecule has 8 nitrogen and oxygen atoms in total. The first-order valence-corrected chi connectivity index (χ1v) is 8.03. The van der Waals surface area contributed by atoms with Crippen LogP contribution in [0, 0.1) is 0 Å². The van der Waals surface area contributed by atoms with E-state index in [1.807, 2.05) is 24.0 Å². The quantitative estimate of drug-likeness (QED) is 0.884. The molecule has 4 rings (SSSR count). The van der Waals surface area contributed by atoms with Gasteiger partial charge in [0, 0.05) is 31.9 Å². The summed E-state index contributed by atoms with van der Waals surface area (Å²) in [5, 5.41) is 7.47. The molecule has 0 aromatic carbocycles. The maximum Gasteiger partial charge on any atom is 0.254 e. The average molecular weight is 328 g/mol. The Labute approximate surface area is 139 Å². The van der Waals surface area contributed by atoms with Crippen molar-refractivity contribution in [2.24, 2.45) is 0 Å². The third kappa shape index (κ3) is 2.39. The number of aromatic nitrogens is 3. The molecule has 0 bridgehead atoms. The largest absolute Gasteiger partial charge is 0.467 e. The lowest BCUT2D eigenvalue weighted by atomic mass is 9.99. The number of carbonyl (C=O) groups is 1. The highest BCUT2D eigenvalue weighted by molar-refractivity contribution is 5.96. The Morgan fingerprint density at radius 3 is 2.83 bits per heavy atom. The third-order valence-electron chi connectivity index (χ3n) is 4.63. The number of rotatable bonds is 2. The van der Waals surface area contributed by atoms with Crippen molar-refractivity contribution < 1.29 is 9.21 Å². The summed E-state index contributed by atoms with van der Waals surface area (Å²) in [6.07, 6.45) is 3.09. The van der Waals surface area contributed by atoms with Crippen LogP contribution in [0.25, 0.3) is 0 Å². The van der Waals surface area contributed by atoms with Gasteiger partial charge in [-0.3, -0.25) is 4.79 Å². The molecule has 0 spiro atoms. The van der Waals surface area contributed by atoms with Crippen LogP contribution in [0.3, 0.4) is 0 Å². The van der Waals surface area contributed by atoms with E-state index in [0.717, 1.165) is 31.9 Å². The van der Waals surface area contributed by atoms with Gasteiger partial charge in [-0.1, -0.05) is 0 Å². The molecular weight excluding hydrogens is 308 g/mol. The number of hydrogen-bond acceptors (Lipinski definition) is 6. The summed E-state index contributed by atoms with van der Waals surface area (Å²) < 4.78 is 7.31. The molecule has 0 saturated carbocycles. The van der Waals surface area contributed by atoms with Crippen LogP contribution in [0.4, 0.5) is 5.95 Å². The molecule has 0 aliphatic carbocycles. The van der Waals surface area contributed by atoms with Crippen molar-refractivity contribution in [1.29, 1.82) is 0 Å². The van der Waals surface area contributed by atoms with E-state index >= 15 is 0 Å². The summed E-state index contributed by atoms with van der Waals surface area (Å²) in [5.41, 5.74) is 1.45. The van der Waals surface area contributed by atoms with Crippen LogP contribution in [0.15, 0.2) is 40.4 Å². The van der Waals surface area contributed by atoms with E-state index in [-0.39, 0.29) is 5.91 Å². The number of piperazine rings is 1. The van der Waals surface area contributed by atoms with Crippen molar-refractivity contribution in [2.75, 3.05) is 38.5 Å². The van der Waals surface area contributed by atoms with Crippen LogP contribution in [0.1, 0.15) is 18.7 Å².